The summed E-state index contributed by atoms with van der Waals surface area (Å²) in [6.07, 6.45) is 11.0. The average molecular weight is 255 g/mol. The predicted octanol–water partition coefficient (Wildman–Crippen LogP) is 3.63. The maximum Gasteiger partial charge on any atom is 0.247 e. The summed E-state index contributed by atoms with van der Waals surface area (Å²) in [5.74, 6) is 0.207. The van der Waals surface area contributed by atoms with Crippen LogP contribution in [0.3, 0.4) is 0 Å². The summed E-state index contributed by atoms with van der Waals surface area (Å²) in [5.41, 5.74) is 1.10. The second-order valence-electron chi connectivity index (χ2n) is 5.66. The zero-order valence-electron chi connectivity index (χ0n) is 11.3. The van der Waals surface area contributed by atoms with Crippen molar-refractivity contribution >= 4 is 12.0 Å². The van der Waals surface area contributed by atoms with Crippen molar-refractivity contribution in [1.29, 1.82) is 0 Å². The van der Waals surface area contributed by atoms with Crippen molar-refractivity contribution in [2.75, 3.05) is 0 Å². The Balaban J connectivity index is 1.68. The standard InChI is InChI=1S/C17H21NO/c19-17(13-10-14-6-2-1-3-7-14)18(16-11-12-16)15-8-4-5-9-15/h1-3,6-7,10,13,15-16H,4-5,8-9,11-12H2/b13-10+. The first-order valence-corrected chi connectivity index (χ1v) is 7.40. The molecule has 2 heteroatoms. The largest absolute Gasteiger partial charge is 0.333 e. The minimum absolute atomic E-state index is 0.207. The van der Waals surface area contributed by atoms with Crippen molar-refractivity contribution in [3.05, 3.63) is 42.0 Å². The molecule has 19 heavy (non-hydrogen) atoms. The minimum atomic E-state index is 0.207. The van der Waals surface area contributed by atoms with Crippen LogP contribution in [0.2, 0.25) is 0 Å². The highest BCUT2D eigenvalue weighted by Crippen LogP contribution is 2.34. The van der Waals surface area contributed by atoms with Gasteiger partial charge in [-0.25, -0.2) is 0 Å². The van der Waals surface area contributed by atoms with E-state index in [0.29, 0.717) is 12.1 Å². The van der Waals surface area contributed by atoms with E-state index in [0.717, 1.165) is 5.56 Å². The fourth-order valence-electron chi connectivity index (χ4n) is 3.01. The number of hydrogen-bond acceptors (Lipinski definition) is 1. The molecule has 2 aliphatic carbocycles. The Morgan fingerprint density at radius 2 is 1.63 bits per heavy atom. The lowest BCUT2D eigenvalue weighted by Crippen LogP contribution is -2.39. The van der Waals surface area contributed by atoms with Gasteiger partial charge in [0.15, 0.2) is 0 Å². The van der Waals surface area contributed by atoms with Crippen molar-refractivity contribution in [3.63, 3.8) is 0 Å². The van der Waals surface area contributed by atoms with Crippen LogP contribution >= 0.6 is 0 Å². The molecule has 2 aliphatic rings. The Morgan fingerprint density at radius 1 is 1.00 bits per heavy atom. The molecule has 3 rings (SSSR count). The summed E-state index contributed by atoms with van der Waals surface area (Å²) in [6, 6.07) is 11.1. The molecule has 100 valence electrons. The Kier molecular flexibility index (Phi) is 3.67. The Labute approximate surface area is 115 Å². The van der Waals surface area contributed by atoms with Crippen LogP contribution in [-0.2, 0) is 4.79 Å². The van der Waals surface area contributed by atoms with Gasteiger partial charge in [0.1, 0.15) is 0 Å². The molecule has 2 nitrogen and oxygen atoms in total. The van der Waals surface area contributed by atoms with Crippen LogP contribution in [0.25, 0.3) is 6.08 Å². The van der Waals surface area contributed by atoms with Crippen LogP contribution in [-0.4, -0.2) is 22.9 Å². The highest BCUT2D eigenvalue weighted by molar-refractivity contribution is 5.92. The average Bonchev–Trinajstić information content (AvgIpc) is 3.12. The van der Waals surface area contributed by atoms with Gasteiger partial charge in [0.2, 0.25) is 5.91 Å². The van der Waals surface area contributed by atoms with Crippen LogP contribution in [0.5, 0.6) is 0 Å². The van der Waals surface area contributed by atoms with Gasteiger partial charge in [0, 0.05) is 18.2 Å². The summed E-state index contributed by atoms with van der Waals surface area (Å²) < 4.78 is 0. The summed E-state index contributed by atoms with van der Waals surface area (Å²) in [6.45, 7) is 0. The topological polar surface area (TPSA) is 20.3 Å². The number of nitrogens with zero attached hydrogens (tertiary/aromatic N) is 1. The van der Waals surface area contributed by atoms with E-state index in [1.54, 1.807) is 6.08 Å². The molecule has 0 aliphatic heterocycles. The third-order valence-corrected chi connectivity index (χ3v) is 4.13. The number of carbonyl (C=O) groups is 1. The molecule has 0 bridgehead atoms. The van der Waals surface area contributed by atoms with Crippen molar-refractivity contribution in [1.82, 2.24) is 4.90 Å². The summed E-state index contributed by atoms with van der Waals surface area (Å²) in [7, 11) is 0. The molecule has 0 aromatic heterocycles. The highest BCUT2D eigenvalue weighted by Gasteiger charge is 2.37. The fourth-order valence-corrected chi connectivity index (χ4v) is 3.01. The van der Waals surface area contributed by atoms with Crippen LogP contribution in [0, 0.1) is 0 Å². The lowest BCUT2D eigenvalue weighted by Gasteiger charge is -2.27. The van der Waals surface area contributed by atoms with Gasteiger partial charge in [-0.3, -0.25) is 4.79 Å². The van der Waals surface area contributed by atoms with Gasteiger partial charge < -0.3 is 4.90 Å². The monoisotopic (exact) mass is 255 g/mol. The molecule has 1 aromatic rings. The van der Waals surface area contributed by atoms with Crippen molar-refractivity contribution in [3.8, 4) is 0 Å². The number of benzene rings is 1. The maximum absolute atomic E-state index is 12.4. The molecule has 2 fully saturated rings. The number of amides is 1. The molecule has 0 N–H and O–H groups in total. The molecule has 0 spiro atoms. The summed E-state index contributed by atoms with van der Waals surface area (Å²) >= 11 is 0. The molecular weight excluding hydrogens is 234 g/mol. The minimum Gasteiger partial charge on any atom is -0.333 e. The van der Waals surface area contributed by atoms with Crippen molar-refractivity contribution in [2.45, 2.75) is 50.6 Å². The van der Waals surface area contributed by atoms with Gasteiger partial charge in [-0.2, -0.15) is 0 Å². The van der Waals surface area contributed by atoms with Gasteiger partial charge in [-0.05, 0) is 37.3 Å². The van der Waals surface area contributed by atoms with Crippen LogP contribution < -0.4 is 0 Å². The lowest BCUT2D eigenvalue weighted by atomic mass is 10.1. The molecule has 2 saturated carbocycles. The van der Waals surface area contributed by atoms with E-state index in [2.05, 4.69) is 4.90 Å². The predicted molar refractivity (Wildman–Crippen MR) is 77.6 cm³/mol. The van der Waals surface area contributed by atoms with E-state index < -0.39 is 0 Å². The number of hydrogen-bond donors (Lipinski definition) is 0. The van der Waals surface area contributed by atoms with Crippen LogP contribution in [0.1, 0.15) is 44.1 Å². The molecule has 0 radical (unpaired) electrons. The first kappa shape index (κ1) is 12.5. The second-order valence-corrected chi connectivity index (χ2v) is 5.66. The third kappa shape index (κ3) is 3.06. The smallest absolute Gasteiger partial charge is 0.247 e. The van der Waals surface area contributed by atoms with Gasteiger partial charge in [-0.15, -0.1) is 0 Å². The maximum atomic E-state index is 12.4. The van der Waals surface area contributed by atoms with E-state index in [4.69, 9.17) is 0 Å². The Hall–Kier alpha value is -1.57. The summed E-state index contributed by atoms with van der Waals surface area (Å²) in [4.78, 5) is 14.6. The van der Waals surface area contributed by atoms with E-state index >= 15 is 0 Å². The van der Waals surface area contributed by atoms with Gasteiger partial charge >= 0.3 is 0 Å². The Morgan fingerprint density at radius 3 is 2.26 bits per heavy atom. The zero-order valence-corrected chi connectivity index (χ0v) is 11.3. The Bertz CT molecular complexity index is 455. The molecular formula is C17H21NO. The molecule has 0 atom stereocenters. The number of carbonyl (C=O) groups excluding carboxylic acids is 1. The van der Waals surface area contributed by atoms with Gasteiger partial charge in [0.05, 0.1) is 0 Å². The van der Waals surface area contributed by atoms with Crippen molar-refractivity contribution in [2.24, 2.45) is 0 Å². The third-order valence-electron chi connectivity index (χ3n) is 4.13. The highest BCUT2D eigenvalue weighted by atomic mass is 16.2. The van der Waals surface area contributed by atoms with Gasteiger partial charge in [-0.1, -0.05) is 43.2 Å². The van der Waals surface area contributed by atoms with Gasteiger partial charge in [0.25, 0.3) is 0 Å². The SMILES string of the molecule is O=C(/C=C/c1ccccc1)N(C1CCCC1)C1CC1. The van der Waals surface area contributed by atoms with E-state index in [9.17, 15) is 4.79 Å². The molecule has 0 unspecified atom stereocenters. The van der Waals surface area contributed by atoms with Crippen LogP contribution in [0.4, 0.5) is 0 Å². The fraction of sp³-hybridized carbons (Fsp3) is 0.471. The first-order chi connectivity index (χ1) is 9.34. The molecule has 0 heterocycles. The summed E-state index contributed by atoms with van der Waals surface area (Å²) in [5, 5.41) is 0. The normalized spacial score (nSPS) is 20.0. The lowest BCUT2D eigenvalue weighted by molar-refractivity contribution is -0.128. The first-order valence-electron chi connectivity index (χ1n) is 7.40. The quantitative estimate of drug-likeness (QED) is 0.752. The zero-order chi connectivity index (χ0) is 13.1. The van der Waals surface area contributed by atoms with Crippen LogP contribution in [0.15, 0.2) is 36.4 Å². The van der Waals surface area contributed by atoms with E-state index in [1.807, 2.05) is 36.4 Å². The second kappa shape index (κ2) is 5.60. The van der Waals surface area contributed by atoms with Crippen molar-refractivity contribution < 1.29 is 4.79 Å². The van der Waals surface area contributed by atoms with E-state index in [-0.39, 0.29) is 5.91 Å². The molecule has 0 saturated heterocycles. The van der Waals surface area contributed by atoms with E-state index in [1.165, 1.54) is 38.5 Å². The number of rotatable bonds is 4. The molecule has 1 aromatic carbocycles. The molecule has 1 amide bonds.